The van der Waals surface area contributed by atoms with Crippen LogP contribution in [0.2, 0.25) is 0 Å². The maximum absolute atomic E-state index is 12.3. The summed E-state index contributed by atoms with van der Waals surface area (Å²) in [7, 11) is 0. The molecule has 0 aromatic heterocycles. The minimum absolute atomic E-state index is 0.124. The molecule has 1 unspecified atom stereocenters. The van der Waals surface area contributed by atoms with Crippen molar-refractivity contribution in [1.82, 2.24) is 5.32 Å². The summed E-state index contributed by atoms with van der Waals surface area (Å²) in [6.45, 7) is 3.94. The zero-order valence-electron chi connectivity index (χ0n) is 14.1. The number of benzene rings is 2. The number of aliphatic carboxylic acids is 1. The Morgan fingerprint density at radius 2 is 1.71 bits per heavy atom. The highest BCUT2D eigenvalue weighted by Crippen LogP contribution is 2.21. The minimum atomic E-state index is -0.929. The Bertz CT molecular complexity index is 707. The Morgan fingerprint density at radius 1 is 1.04 bits per heavy atom. The lowest BCUT2D eigenvalue weighted by Crippen LogP contribution is -2.30. The van der Waals surface area contributed by atoms with E-state index in [1.165, 1.54) is 5.56 Å². The van der Waals surface area contributed by atoms with E-state index in [2.05, 4.69) is 5.32 Å². The largest absolute Gasteiger partial charge is 0.481 e. The van der Waals surface area contributed by atoms with Gasteiger partial charge in [-0.25, -0.2) is 0 Å². The first kappa shape index (κ1) is 17.7. The highest BCUT2D eigenvalue weighted by molar-refractivity contribution is 5.78. The topological polar surface area (TPSA) is 66.4 Å². The number of amides is 1. The number of carbonyl (C=O) groups is 2. The lowest BCUT2D eigenvalue weighted by molar-refractivity contribution is -0.137. The molecular weight excluding hydrogens is 302 g/mol. The first-order chi connectivity index (χ1) is 11.5. The third kappa shape index (κ3) is 5.23. The molecule has 4 nitrogen and oxygen atoms in total. The summed E-state index contributed by atoms with van der Waals surface area (Å²) in [5.74, 6) is -1.06. The lowest BCUT2D eigenvalue weighted by Gasteiger charge is -2.19. The van der Waals surface area contributed by atoms with Crippen LogP contribution in [0.25, 0.3) is 0 Å². The Kier molecular flexibility index (Phi) is 6.13. The SMILES string of the molecule is Cc1ccc(CCC(=O)NC(CC(=O)O)c2ccccc2C)cc1. The zero-order valence-corrected chi connectivity index (χ0v) is 14.1. The Labute approximate surface area is 142 Å². The summed E-state index contributed by atoms with van der Waals surface area (Å²) in [6, 6.07) is 15.1. The van der Waals surface area contributed by atoms with Crippen molar-refractivity contribution in [3.05, 3.63) is 70.8 Å². The van der Waals surface area contributed by atoms with Crippen LogP contribution in [0.4, 0.5) is 0 Å². The Morgan fingerprint density at radius 3 is 2.33 bits per heavy atom. The highest BCUT2D eigenvalue weighted by Gasteiger charge is 2.19. The summed E-state index contributed by atoms with van der Waals surface area (Å²) in [5, 5.41) is 12.0. The summed E-state index contributed by atoms with van der Waals surface area (Å²) >= 11 is 0. The lowest BCUT2D eigenvalue weighted by atomic mass is 9.98. The van der Waals surface area contributed by atoms with Gasteiger partial charge < -0.3 is 10.4 Å². The van der Waals surface area contributed by atoms with Gasteiger partial charge in [0.15, 0.2) is 0 Å². The molecule has 1 atom stereocenters. The molecule has 0 heterocycles. The predicted molar refractivity (Wildman–Crippen MR) is 93.8 cm³/mol. The maximum Gasteiger partial charge on any atom is 0.305 e. The molecule has 0 spiro atoms. The quantitative estimate of drug-likeness (QED) is 0.818. The van der Waals surface area contributed by atoms with Crippen LogP contribution in [0.15, 0.2) is 48.5 Å². The van der Waals surface area contributed by atoms with Crippen LogP contribution in [0.1, 0.15) is 41.1 Å². The van der Waals surface area contributed by atoms with Crippen LogP contribution < -0.4 is 5.32 Å². The van der Waals surface area contributed by atoms with E-state index in [0.29, 0.717) is 12.8 Å². The molecule has 1 amide bonds. The number of aryl methyl sites for hydroxylation is 3. The van der Waals surface area contributed by atoms with Crippen LogP contribution >= 0.6 is 0 Å². The molecule has 24 heavy (non-hydrogen) atoms. The Balaban J connectivity index is 2.00. The molecule has 0 aliphatic carbocycles. The van der Waals surface area contributed by atoms with Crippen LogP contribution in [0.3, 0.4) is 0 Å². The molecule has 0 saturated heterocycles. The van der Waals surface area contributed by atoms with E-state index >= 15 is 0 Å². The molecular formula is C20H23NO3. The van der Waals surface area contributed by atoms with Crippen LogP contribution in [-0.2, 0) is 16.0 Å². The van der Waals surface area contributed by atoms with Crippen molar-refractivity contribution in [3.8, 4) is 0 Å². The van der Waals surface area contributed by atoms with Crippen molar-refractivity contribution in [2.75, 3.05) is 0 Å². The summed E-state index contributed by atoms with van der Waals surface area (Å²) in [5.41, 5.74) is 4.11. The van der Waals surface area contributed by atoms with Crippen molar-refractivity contribution < 1.29 is 14.7 Å². The van der Waals surface area contributed by atoms with Crippen LogP contribution in [-0.4, -0.2) is 17.0 Å². The fourth-order valence-corrected chi connectivity index (χ4v) is 2.67. The van der Waals surface area contributed by atoms with Gasteiger partial charge in [0, 0.05) is 6.42 Å². The standard InChI is InChI=1S/C20H23NO3/c1-14-7-9-16(10-8-14)11-12-19(22)21-18(13-20(23)24)17-6-4-3-5-15(17)2/h3-10,18H,11-13H2,1-2H3,(H,21,22)(H,23,24). The molecule has 2 aromatic carbocycles. The van der Waals surface area contributed by atoms with Gasteiger partial charge in [-0.15, -0.1) is 0 Å². The molecule has 0 aliphatic heterocycles. The van der Waals surface area contributed by atoms with E-state index < -0.39 is 12.0 Å². The predicted octanol–water partition coefficient (Wildman–Crippen LogP) is 3.57. The van der Waals surface area contributed by atoms with Crippen molar-refractivity contribution >= 4 is 11.9 Å². The smallest absolute Gasteiger partial charge is 0.305 e. The number of carboxylic acid groups (broad SMARTS) is 1. The van der Waals surface area contributed by atoms with Gasteiger partial charge >= 0.3 is 5.97 Å². The van der Waals surface area contributed by atoms with Gasteiger partial charge in [0.1, 0.15) is 0 Å². The zero-order chi connectivity index (χ0) is 17.5. The van der Waals surface area contributed by atoms with Gasteiger partial charge in [-0.1, -0.05) is 54.1 Å². The normalized spacial score (nSPS) is 11.8. The van der Waals surface area contributed by atoms with Gasteiger partial charge in [0.25, 0.3) is 0 Å². The van der Waals surface area contributed by atoms with E-state index in [9.17, 15) is 9.59 Å². The van der Waals surface area contributed by atoms with E-state index in [1.54, 1.807) is 0 Å². The maximum atomic E-state index is 12.3. The number of carboxylic acids is 1. The average Bonchev–Trinajstić information content (AvgIpc) is 2.54. The molecule has 0 saturated carbocycles. The number of hydrogen-bond acceptors (Lipinski definition) is 2. The second-order valence-electron chi connectivity index (χ2n) is 6.06. The average molecular weight is 325 g/mol. The number of hydrogen-bond donors (Lipinski definition) is 2. The van der Waals surface area contributed by atoms with E-state index in [1.807, 2.05) is 62.4 Å². The molecule has 0 radical (unpaired) electrons. The number of nitrogens with one attached hydrogen (secondary N) is 1. The molecule has 0 fully saturated rings. The van der Waals surface area contributed by atoms with Gasteiger partial charge in [-0.05, 0) is 37.0 Å². The summed E-state index contributed by atoms with van der Waals surface area (Å²) in [6.07, 6.45) is 0.853. The fraction of sp³-hybridized carbons (Fsp3) is 0.300. The second kappa shape index (κ2) is 8.29. The van der Waals surface area contributed by atoms with Crippen molar-refractivity contribution in [2.24, 2.45) is 0 Å². The molecule has 2 rings (SSSR count). The summed E-state index contributed by atoms with van der Waals surface area (Å²) in [4.78, 5) is 23.4. The minimum Gasteiger partial charge on any atom is -0.481 e. The fourth-order valence-electron chi connectivity index (χ4n) is 2.67. The summed E-state index contributed by atoms with van der Waals surface area (Å²) < 4.78 is 0. The second-order valence-corrected chi connectivity index (χ2v) is 6.06. The van der Waals surface area contributed by atoms with Gasteiger partial charge in [-0.3, -0.25) is 9.59 Å². The highest BCUT2D eigenvalue weighted by atomic mass is 16.4. The molecule has 126 valence electrons. The van der Waals surface area contributed by atoms with Crippen LogP contribution in [0, 0.1) is 13.8 Å². The molecule has 0 bridgehead atoms. The number of rotatable bonds is 7. The first-order valence-corrected chi connectivity index (χ1v) is 8.08. The van der Waals surface area contributed by atoms with Gasteiger partial charge in [0.2, 0.25) is 5.91 Å². The monoisotopic (exact) mass is 325 g/mol. The third-order valence-electron chi connectivity index (χ3n) is 4.04. The van der Waals surface area contributed by atoms with E-state index in [4.69, 9.17) is 5.11 Å². The third-order valence-corrected chi connectivity index (χ3v) is 4.04. The number of carbonyl (C=O) groups excluding carboxylic acids is 1. The van der Waals surface area contributed by atoms with E-state index in [0.717, 1.165) is 16.7 Å². The molecule has 4 heteroatoms. The van der Waals surface area contributed by atoms with Crippen molar-refractivity contribution in [3.63, 3.8) is 0 Å². The first-order valence-electron chi connectivity index (χ1n) is 8.08. The van der Waals surface area contributed by atoms with Gasteiger partial charge in [0.05, 0.1) is 12.5 Å². The van der Waals surface area contributed by atoms with Crippen molar-refractivity contribution in [1.29, 1.82) is 0 Å². The molecule has 2 N–H and O–H groups in total. The molecule has 2 aromatic rings. The molecule has 0 aliphatic rings. The van der Waals surface area contributed by atoms with Gasteiger partial charge in [-0.2, -0.15) is 0 Å². The van der Waals surface area contributed by atoms with Crippen LogP contribution in [0.5, 0.6) is 0 Å². The van der Waals surface area contributed by atoms with Crippen molar-refractivity contribution in [2.45, 2.75) is 39.2 Å². The Hall–Kier alpha value is -2.62. The van der Waals surface area contributed by atoms with E-state index in [-0.39, 0.29) is 12.3 Å².